The molecule has 0 radical (unpaired) electrons. The summed E-state index contributed by atoms with van der Waals surface area (Å²) >= 11 is 8.03. The third-order valence-electron chi connectivity index (χ3n) is 2.95. The van der Waals surface area contributed by atoms with E-state index in [4.69, 9.17) is 22.7 Å². The summed E-state index contributed by atoms with van der Waals surface area (Å²) in [5.41, 5.74) is 6.47. The largest absolute Gasteiger partial charge is 0.389 e. The summed E-state index contributed by atoms with van der Waals surface area (Å²) in [5, 5.41) is 3.09. The van der Waals surface area contributed by atoms with Crippen molar-refractivity contribution < 1.29 is 9.13 Å². The topological polar surface area (TPSA) is 47.3 Å². The van der Waals surface area contributed by atoms with Crippen LogP contribution in [0.1, 0.15) is 12.0 Å². The van der Waals surface area contributed by atoms with Gasteiger partial charge in [0.2, 0.25) is 0 Å². The molecule has 1 fully saturated rings. The van der Waals surface area contributed by atoms with Crippen molar-refractivity contribution in [3.63, 3.8) is 0 Å². The number of nitrogens with one attached hydrogen (secondary N) is 1. The molecule has 0 aromatic heterocycles. The van der Waals surface area contributed by atoms with Crippen molar-refractivity contribution in [2.24, 2.45) is 11.7 Å². The molecule has 0 aliphatic carbocycles. The van der Waals surface area contributed by atoms with Gasteiger partial charge in [-0.1, -0.05) is 12.2 Å². The molecular weight excluding hydrogens is 319 g/mol. The summed E-state index contributed by atoms with van der Waals surface area (Å²) in [4.78, 5) is 0.177. The number of halogens is 2. The quantitative estimate of drug-likeness (QED) is 0.832. The molecule has 1 aromatic rings. The standard InChI is InChI=1S/C12H14BrFN2OS/c13-10-8(12(15)18)1-2-9(11(10)14)16-5-7-3-4-17-6-7/h1-2,7,16H,3-6H2,(H2,15,18). The smallest absolute Gasteiger partial charge is 0.161 e. The summed E-state index contributed by atoms with van der Waals surface area (Å²) in [5.74, 6) is 0.0812. The van der Waals surface area contributed by atoms with Crippen LogP contribution in [0.3, 0.4) is 0 Å². The molecule has 1 aliphatic heterocycles. The molecule has 3 N–H and O–H groups in total. The molecule has 2 rings (SSSR count). The van der Waals surface area contributed by atoms with Crippen LogP contribution in [0.5, 0.6) is 0 Å². The Labute approximate surface area is 119 Å². The lowest BCUT2D eigenvalue weighted by Crippen LogP contribution is -2.16. The van der Waals surface area contributed by atoms with Gasteiger partial charge in [-0.3, -0.25) is 0 Å². The Hall–Kier alpha value is -0.720. The molecule has 1 aromatic carbocycles. The average molecular weight is 333 g/mol. The van der Waals surface area contributed by atoms with Crippen LogP contribution in [0.15, 0.2) is 16.6 Å². The predicted octanol–water partition coefficient (Wildman–Crippen LogP) is 2.67. The minimum absolute atomic E-state index is 0.177. The van der Waals surface area contributed by atoms with Gasteiger partial charge in [-0.25, -0.2) is 4.39 Å². The fourth-order valence-electron chi connectivity index (χ4n) is 1.87. The van der Waals surface area contributed by atoms with Crippen molar-refractivity contribution >= 4 is 38.8 Å². The monoisotopic (exact) mass is 332 g/mol. The van der Waals surface area contributed by atoms with Crippen LogP contribution in [0, 0.1) is 11.7 Å². The number of hydrogen-bond acceptors (Lipinski definition) is 3. The highest BCUT2D eigenvalue weighted by atomic mass is 79.9. The first-order valence-corrected chi connectivity index (χ1v) is 6.89. The normalized spacial score (nSPS) is 18.9. The van der Waals surface area contributed by atoms with Gasteiger partial charge in [0.15, 0.2) is 5.82 Å². The van der Waals surface area contributed by atoms with Crippen molar-refractivity contribution in [2.75, 3.05) is 25.1 Å². The number of hydrogen-bond donors (Lipinski definition) is 2. The van der Waals surface area contributed by atoms with Gasteiger partial charge in [-0.2, -0.15) is 0 Å². The fourth-order valence-corrected chi connectivity index (χ4v) is 2.74. The second kappa shape index (κ2) is 5.95. The molecule has 98 valence electrons. The zero-order valence-corrected chi connectivity index (χ0v) is 12.1. The van der Waals surface area contributed by atoms with E-state index in [1.54, 1.807) is 12.1 Å². The Kier molecular flexibility index (Phi) is 4.53. The van der Waals surface area contributed by atoms with Gasteiger partial charge >= 0.3 is 0 Å². The average Bonchev–Trinajstić information content (AvgIpc) is 2.83. The summed E-state index contributed by atoms with van der Waals surface area (Å²) in [7, 11) is 0. The van der Waals surface area contributed by atoms with Gasteiger partial charge in [0, 0.05) is 24.6 Å². The third-order valence-corrected chi connectivity index (χ3v) is 3.95. The maximum absolute atomic E-state index is 14.0. The lowest BCUT2D eigenvalue weighted by Gasteiger charge is -2.13. The van der Waals surface area contributed by atoms with Gasteiger partial charge in [-0.05, 0) is 34.5 Å². The van der Waals surface area contributed by atoms with Crippen molar-refractivity contribution in [1.29, 1.82) is 0 Å². The molecule has 0 amide bonds. The number of rotatable bonds is 4. The van der Waals surface area contributed by atoms with E-state index in [-0.39, 0.29) is 10.8 Å². The molecule has 1 saturated heterocycles. The van der Waals surface area contributed by atoms with Gasteiger partial charge in [0.05, 0.1) is 16.8 Å². The maximum atomic E-state index is 14.0. The molecule has 1 unspecified atom stereocenters. The zero-order chi connectivity index (χ0) is 13.1. The van der Waals surface area contributed by atoms with Crippen molar-refractivity contribution in [3.8, 4) is 0 Å². The lowest BCUT2D eigenvalue weighted by molar-refractivity contribution is 0.187. The number of nitrogens with two attached hydrogens (primary N) is 1. The Morgan fingerprint density at radius 1 is 1.61 bits per heavy atom. The molecule has 6 heteroatoms. The highest BCUT2D eigenvalue weighted by Crippen LogP contribution is 2.27. The Balaban J connectivity index is 2.09. The molecule has 18 heavy (non-hydrogen) atoms. The van der Waals surface area contributed by atoms with E-state index in [2.05, 4.69) is 21.2 Å². The van der Waals surface area contributed by atoms with Crippen LogP contribution in [-0.2, 0) is 4.74 Å². The van der Waals surface area contributed by atoms with E-state index >= 15 is 0 Å². The molecule has 0 saturated carbocycles. The molecule has 0 spiro atoms. The first-order valence-electron chi connectivity index (χ1n) is 5.69. The van der Waals surface area contributed by atoms with Crippen LogP contribution in [-0.4, -0.2) is 24.7 Å². The van der Waals surface area contributed by atoms with E-state index in [1.807, 2.05) is 0 Å². The zero-order valence-electron chi connectivity index (χ0n) is 9.71. The fraction of sp³-hybridized carbons (Fsp3) is 0.417. The molecule has 0 bridgehead atoms. The summed E-state index contributed by atoms with van der Waals surface area (Å²) < 4.78 is 19.6. The summed E-state index contributed by atoms with van der Waals surface area (Å²) in [6.45, 7) is 2.23. The van der Waals surface area contributed by atoms with E-state index in [9.17, 15) is 4.39 Å². The van der Waals surface area contributed by atoms with Crippen LogP contribution in [0.2, 0.25) is 0 Å². The first-order chi connectivity index (χ1) is 8.59. The molecule has 1 atom stereocenters. The van der Waals surface area contributed by atoms with Crippen molar-refractivity contribution in [2.45, 2.75) is 6.42 Å². The van der Waals surface area contributed by atoms with Crippen LogP contribution >= 0.6 is 28.1 Å². The minimum Gasteiger partial charge on any atom is -0.389 e. The molecule has 3 nitrogen and oxygen atoms in total. The second-order valence-electron chi connectivity index (χ2n) is 4.26. The second-order valence-corrected chi connectivity index (χ2v) is 5.50. The maximum Gasteiger partial charge on any atom is 0.161 e. The highest BCUT2D eigenvalue weighted by Gasteiger charge is 2.17. The Bertz CT molecular complexity index is 464. The Morgan fingerprint density at radius 2 is 2.39 bits per heavy atom. The van der Waals surface area contributed by atoms with Crippen molar-refractivity contribution in [3.05, 3.63) is 28.0 Å². The van der Waals surface area contributed by atoms with E-state index in [0.717, 1.165) is 19.6 Å². The minimum atomic E-state index is -0.362. The number of anilines is 1. The SMILES string of the molecule is NC(=S)c1ccc(NCC2CCOC2)c(F)c1Br. The first kappa shape index (κ1) is 13.7. The predicted molar refractivity (Wildman–Crippen MR) is 77.4 cm³/mol. The summed E-state index contributed by atoms with van der Waals surface area (Å²) in [6, 6.07) is 3.37. The molecular formula is C12H14BrFN2OS. The molecule has 1 heterocycles. The van der Waals surface area contributed by atoms with Crippen molar-refractivity contribution in [1.82, 2.24) is 0 Å². The van der Waals surface area contributed by atoms with E-state index in [1.165, 1.54) is 0 Å². The summed E-state index contributed by atoms with van der Waals surface area (Å²) in [6.07, 6.45) is 1.01. The van der Waals surface area contributed by atoms with E-state index < -0.39 is 0 Å². The number of benzene rings is 1. The van der Waals surface area contributed by atoms with Gasteiger partial charge in [0.1, 0.15) is 4.99 Å². The number of ether oxygens (including phenoxy) is 1. The van der Waals surface area contributed by atoms with Gasteiger partial charge < -0.3 is 15.8 Å². The van der Waals surface area contributed by atoms with Crippen LogP contribution < -0.4 is 11.1 Å². The third kappa shape index (κ3) is 2.99. The molecule has 1 aliphatic rings. The van der Waals surface area contributed by atoms with Gasteiger partial charge in [-0.15, -0.1) is 0 Å². The number of thiocarbonyl (C=S) groups is 1. The van der Waals surface area contributed by atoms with Gasteiger partial charge in [0.25, 0.3) is 0 Å². The highest BCUT2D eigenvalue weighted by molar-refractivity contribution is 9.10. The lowest BCUT2D eigenvalue weighted by atomic mass is 10.1. The Morgan fingerprint density at radius 3 is 3.00 bits per heavy atom. The van der Waals surface area contributed by atoms with Crippen LogP contribution in [0.4, 0.5) is 10.1 Å². The van der Waals surface area contributed by atoms with Crippen LogP contribution in [0.25, 0.3) is 0 Å². The van der Waals surface area contributed by atoms with E-state index in [0.29, 0.717) is 28.2 Å².